The molecule has 0 aliphatic rings. The van der Waals surface area contributed by atoms with Gasteiger partial charge in [-0.25, -0.2) is 0 Å². The molecular formula is C23H21N7O3. The maximum absolute atomic E-state index is 13.3. The van der Waals surface area contributed by atoms with Crippen LogP contribution < -0.4 is 10.3 Å². The number of fused-ring (bicyclic) bond motifs is 2. The Hall–Kier alpha value is -4.31. The van der Waals surface area contributed by atoms with E-state index in [2.05, 4.69) is 26.9 Å². The molecule has 0 bridgehead atoms. The van der Waals surface area contributed by atoms with E-state index < -0.39 is 0 Å². The predicted octanol–water partition coefficient (Wildman–Crippen LogP) is 2.38. The lowest BCUT2D eigenvalue weighted by atomic mass is 10.2. The van der Waals surface area contributed by atoms with Gasteiger partial charge in [-0.3, -0.25) is 23.4 Å². The molecule has 10 nitrogen and oxygen atoms in total. The fourth-order valence-corrected chi connectivity index (χ4v) is 3.57. The van der Waals surface area contributed by atoms with E-state index in [1.807, 2.05) is 36.0 Å². The van der Waals surface area contributed by atoms with E-state index in [4.69, 9.17) is 9.47 Å². The standard InChI is InChI=1S/C23H21N7O3/c1-15(22-27-26-21-5-4-16(14-30(21)22)17-11-25-28(2)13-17)29-7-6-20-19(23(29)31)10-18(12-24-20)33-9-8-32-3/h4-7,10-14H,1,8-9H2,2-3H3. The number of hydrogen-bond acceptors (Lipinski definition) is 7. The summed E-state index contributed by atoms with van der Waals surface area (Å²) < 4.78 is 15.6. The lowest BCUT2D eigenvalue weighted by molar-refractivity contribution is 0.146. The molecule has 5 rings (SSSR count). The van der Waals surface area contributed by atoms with E-state index in [9.17, 15) is 4.79 Å². The molecule has 0 atom stereocenters. The van der Waals surface area contributed by atoms with E-state index in [1.165, 1.54) is 4.57 Å². The molecule has 10 heteroatoms. The van der Waals surface area contributed by atoms with Gasteiger partial charge in [0.15, 0.2) is 11.5 Å². The number of nitrogens with zero attached hydrogens (tertiary/aromatic N) is 7. The minimum atomic E-state index is -0.276. The van der Waals surface area contributed by atoms with E-state index in [0.29, 0.717) is 47.0 Å². The van der Waals surface area contributed by atoms with Gasteiger partial charge in [-0.05, 0) is 24.3 Å². The van der Waals surface area contributed by atoms with E-state index in [1.54, 1.807) is 42.5 Å². The summed E-state index contributed by atoms with van der Waals surface area (Å²) in [5.74, 6) is 0.951. The smallest absolute Gasteiger partial charge is 0.264 e. The molecule has 5 aromatic rings. The first kappa shape index (κ1) is 20.6. The third kappa shape index (κ3) is 3.76. The van der Waals surface area contributed by atoms with Gasteiger partial charge in [0.1, 0.15) is 12.4 Å². The second-order valence-electron chi connectivity index (χ2n) is 7.45. The average Bonchev–Trinajstić information content (AvgIpc) is 3.45. The molecule has 0 N–H and O–H groups in total. The Morgan fingerprint density at radius 3 is 2.76 bits per heavy atom. The molecule has 0 unspecified atom stereocenters. The molecule has 33 heavy (non-hydrogen) atoms. The monoisotopic (exact) mass is 443 g/mol. The first-order valence-electron chi connectivity index (χ1n) is 10.2. The highest BCUT2D eigenvalue weighted by Crippen LogP contribution is 2.22. The fraction of sp³-hybridized carbons (Fsp3) is 0.174. The van der Waals surface area contributed by atoms with Crippen molar-refractivity contribution in [2.24, 2.45) is 7.05 Å². The predicted molar refractivity (Wildman–Crippen MR) is 123 cm³/mol. The van der Waals surface area contributed by atoms with Crippen molar-refractivity contribution in [2.45, 2.75) is 0 Å². The van der Waals surface area contributed by atoms with Gasteiger partial charge < -0.3 is 9.47 Å². The largest absolute Gasteiger partial charge is 0.490 e. The quantitative estimate of drug-likeness (QED) is 0.356. The SMILES string of the molecule is C=C(c1nnc2ccc(-c3cnn(C)c3)cn12)n1ccc2ncc(OCCOC)cc2c1=O. The van der Waals surface area contributed by atoms with Crippen molar-refractivity contribution in [1.82, 2.24) is 33.9 Å². The second-order valence-corrected chi connectivity index (χ2v) is 7.45. The van der Waals surface area contributed by atoms with Crippen LogP contribution in [0.3, 0.4) is 0 Å². The van der Waals surface area contributed by atoms with Crippen molar-refractivity contribution in [2.75, 3.05) is 20.3 Å². The Bertz CT molecular complexity index is 1550. The van der Waals surface area contributed by atoms with Crippen LogP contribution in [0, 0.1) is 0 Å². The minimum absolute atomic E-state index is 0.276. The maximum atomic E-state index is 13.3. The van der Waals surface area contributed by atoms with Crippen LogP contribution in [-0.4, -0.2) is 54.3 Å². The second kappa shape index (κ2) is 8.32. The zero-order chi connectivity index (χ0) is 22.9. The first-order valence-corrected chi connectivity index (χ1v) is 10.2. The van der Waals surface area contributed by atoms with Gasteiger partial charge in [0, 0.05) is 43.9 Å². The summed E-state index contributed by atoms with van der Waals surface area (Å²) in [4.78, 5) is 17.6. The molecule has 0 radical (unpaired) electrons. The Morgan fingerprint density at radius 2 is 1.97 bits per heavy atom. The fourth-order valence-electron chi connectivity index (χ4n) is 3.57. The summed E-state index contributed by atoms with van der Waals surface area (Å²) in [6.07, 6.45) is 8.84. The molecule has 0 saturated carbocycles. The maximum Gasteiger partial charge on any atom is 0.264 e. The average molecular weight is 443 g/mol. The van der Waals surface area contributed by atoms with Gasteiger partial charge in [0.25, 0.3) is 5.56 Å². The van der Waals surface area contributed by atoms with Crippen LogP contribution in [0.2, 0.25) is 0 Å². The molecule has 5 heterocycles. The van der Waals surface area contributed by atoms with E-state index >= 15 is 0 Å². The van der Waals surface area contributed by atoms with Gasteiger partial charge in [-0.15, -0.1) is 10.2 Å². The normalized spacial score (nSPS) is 11.3. The number of methoxy groups -OCH3 is 1. The number of aromatic nitrogens is 7. The molecule has 0 saturated heterocycles. The van der Waals surface area contributed by atoms with Crippen LogP contribution >= 0.6 is 0 Å². The van der Waals surface area contributed by atoms with Gasteiger partial charge in [-0.1, -0.05) is 6.58 Å². The van der Waals surface area contributed by atoms with E-state index in [0.717, 1.165) is 11.1 Å². The summed E-state index contributed by atoms with van der Waals surface area (Å²) in [7, 11) is 3.46. The summed E-state index contributed by atoms with van der Waals surface area (Å²) in [6.45, 7) is 4.93. The van der Waals surface area contributed by atoms with Crippen molar-refractivity contribution in [3.63, 3.8) is 0 Å². The Kier molecular flexibility index (Phi) is 5.19. The van der Waals surface area contributed by atoms with Gasteiger partial charge in [0.05, 0.1) is 35.6 Å². The molecular weight excluding hydrogens is 422 g/mol. The van der Waals surface area contributed by atoms with Crippen LogP contribution in [0.5, 0.6) is 5.75 Å². The molecule has 0 fully saturated rings. The summed E-state index contributed by atoms with van der Waals surface area (Å²) in [5, 5.41) is 13.1. The zero-order valence-electron chi connectivity index (χ0n) is 18.2. The van der Waals surface area contributed by atoms with Crippen LogP contribution in [0.4, 0.5) is 0 Å². The van der Waals surface area contributed by atoms with Crippen molar-refractivity contribution >= 4 is 22.2 Å². The Labute approximate surface area is 188 Å². The molecule has 0 aliphatic carbocycles. The highest BCUT2D eigenvalue weighted by atomic mass is 16.5. The van der Waals surface area contributed by atoms with Gasteiger partial charge in [-0.2, -0.15) is 5.10 Å². The molecule has 166 valence electrons. The van der Waals surface area contributed by atoms with E-state index in [-0.39, 0.29) is 5.56 Å². The topological polar surface area (TPSA) is 101 Å². The minimum Gasteiger partial charge on any atom is -0.490 e. The zero-order valence-corrected chi connectivity index (χ0v) is 18.2. The Balaban J connectivity index is 1.55. The first-order chi connectivity index (χ1) is 16.0. The van der Waals surface area contributed by atoms with Gasteiger partial charge in [0.2, 0.25) is 0 Å². The van der Waals surface area contributed by atoms with Crippen molar-refractivity contribution in [3.05, 3.63) is 78.0 Å². The number of hydrogen-bond donors (Lipinski definition) is 0. The highest BCUT2D eigenvalue weighted by Gasteiger charge is 2.15. The van der Waals surface area contributed by atoms with Crippen LogP contribution in [0.25, 0.3) is 33.4 Å². The molecule has 0 aromatic carbocycles. The lowest BCUT2D eigenvalue weighted by Gasteiger charge is -2.10. The molecule has 0 aliphatic heterocycles. The number of ether oxygens (including phenoxy) is 2. The number of aryl methyl sites for hydroxylation is 1. The number of rotatable bonds is 7. The summed E-state index contributed by atoms with van der Waals surface area (Å²) >= 11 is 0. The van der Waals surface area contributed by atoms with Crippen LogP contribution in [0.1, 0.15) is 5.82 Å². The summed E-state index contributed by atoms with van der Waals surface area (Å²) in [6, 6.07) is 7.24. The third-order valence-electron chi connectivity index (χ3n) is 5.27. The molecule has 5 aromatic heterocycles. The Morgan fingerprint density at radius 1 is 1.09 bits per heavy atom. The molecule has 0 amide bonds. The van der Waals surface area contributed by atoms with Crippen LogP contribution in [0.15, 0.2) is 66.6 Å². The van der Waals surface area contributed by atoms with Gasteiger partial charge >= 0.3 is 0 Å². The highest BCUT2D eigenvalue weighted by molar-refractivity contribution is 5.80. The molecule has 0 spiro atoms. The number of pyridine rings is 3. The van der Waals surface area contributed by atoms with Crippen molar-refractivity contribution in [1.29, 1.82) is 0 Å². The lowest BCUT2D eigenvalue weighted by Crippen LogP contribution is -2.20. The van der Waals surface area contributed by atoms with Crippen molar-refractivity contribution < 1.29 is 9.47 Å². The summed E-state index contributed by atoms with van der Waals surface area (Å²) in [5.41, 5.74) is 3.22. The third-order valence-corrected chi connectivity index (χ3v) is 5.27. The van der Waals surface area contributed by atoms with Crippen molar-refractivity contribution in [3.8, 4) is 16.9 Å². The van der Waals surface area contributed by atoms with Crippen LogP contribution in [-0.2, 0) is 11.8 Å².